The van der Waals surface area contributed by atoms with Gasteiger partial charge in [0.1, 0.15) is 0 Å². The van der Waals surface area contributed by atoms with Gasteiger partial charge in [-0.25, -0.2) is 18.1 Å². The molecular formula is C13H21N3O2S. The summed E-state index contributed by atoms with van der Waals surface area (Å²) in [4.78, 5) is 4.03. The Hall–Kier alpha value is -0.980. The van der Waals surface area contributed by atoms with Crippen LogP contribution in [0.3, 0.4) is 0 Å². The number of nitrogens with zero attached hydrogens (tertiary/aromatic N) is 1. The Morgan fingerprint density at radius 1 is 1.42 bits per heavy atom. The molecule has 2 rings (SSSR count). The van der Waals surface area contributed by atoms with Gasteiger partial charge in [0.25, 0.3) is 10.0 Å². The standard InChI is InChI=1S/C13H21N3O2S/c1-3-14-7-11-4-5-13(15-8-11)19(17,18)16-9-12-6-10(12)2/h4-5,8,10,12,14,16H,3,6-7,9H2,1-2H3. The van der Waals surface area contributed by atoms with Crippen molar-refractivity contribution in [3.05, 3.63) is 23.9 Å². The Kier molecular flexibility index (Phi) is 4.54. The summed E-state index contributed by atoms with van der Waals surface area (Å²) in [5.41, 5.74) is 0.983. The predicted octanol–water partition coefficient (Wildman–Crippen LogP) is 1.13. The van der Waals surface area contributed by atoms with Crippen molar-refractivity contribution in [1.82, 2.24) is 15.0 Å². The van der Waals surface area contributed by atoms with Gasteiger partial charge in [-0.3, -0.25) is 0 Å². The number of pyridine rings is 1. The van der Waals surface area contributed by atoms with E-state index in [1.807, 2.05) is 6.92 Å². The van der Waals surface area contributed by atoms with Crippen LogP contribution in [0.1, 0.15) is 25.8 Å². The van der Waals surface area contributed by atoms with Gasteiger partial charge in [-0.1, -0.05) is 19.9 Å². The lowest BCUT2D eigenvalue weighted by Gasteiger charge is -2.06. The van der Waals surface area contributed by atoms with E-state index in [0.717, 1.165) is 18.5 Å². The Morgan fingerprint density at radius 2 is 2.16 bits per heavy atom. The third-order valence-electron chi connectivity index (χ3n) is 3.46. The molecule has 2 atom stereocenters. The number of nitrogens with one attached hydrogen (secondary N) is 2. The number of rotatable bonds is 7. The van der Waals surface area contributed by atoms with Gasteiger partial charge >= 0.3 is 0 Å². The molecule has 0 aliphatic heterocycles. The summed E-state index contributed by atoms with van der Waals surface area (Å²) >= 11 is 0. The highest BCUT2D eigenvalue weighted by molar-refractivity contribution is 7.89. The zero-order chi connectivity index (χ0) is 13.9. The molecule has 1 saturated carbocycles. The van der Waals surface area contributed by atoms with Crippen LogP contribution in [0.25, 0.3) is 0 Å². The molecule has 1 aromatic heterocycles. The molecule has 0 aromatic carbocycles. The molecule has 0 spiro atoms. The minimum Gasteiger partial charge on any atom is -0.313 e. The lowest BCUT2D eigenvalue weighted by molar-refractivity contribution is 0.570. The average Bonchev–Trinajstić information content (AvgIpc) is 3.11. The Balaban J connectivity index is 1.95. The monoisotopic (exact) mass is 283 g/mol. The molecule has 1 fully saturated rings. The topological polar surface area (TPSA) is 71.1 Å². The summed E-state index contributed by atoms with van der Waals surface area (Å²) < 4.78 is 26.6. The van der Waals surface area contributed by atoms with E-state index < -0.39 is 10.0 Å². The Morgan fingerprint density at radius 3 is 2.68 bits per heavy atom. The molecule has 2 unspecified atom stereocenters. The first kappa shape index (κ1) is 14.4. The van der Waals surface area contributed by atoms with E-state index in [9.17, 15) is 8.42 Å². The van der Waals surface area contributed by atoms with Crippen LogP contribution >= 0.6 is 0 Å². The summed E-state index contributed by atoms with van der Waals surface area (Å²) in [6.07, 6.45) is 2.72. The summed E-state index contributed by atoms with van der Waals surface area (Å²) in [5, 5.41) is 3.27. The van der Waals surface area contributed by atoms with E-state index >= 15 is 0 Å². The molecule has 5 nitrogen and oxygen atoms in total. The van der Waals surface area contributed by atoms with Gasteiger partial charge < -0.3 is 5.32 Å². The van der Waals surface area contributed by atoms with E-state index in [4.69, 9.17) is 0 Å². The van der Waals surface area contributed by atoms with Crippen molar-refractivity contribution in [2.75, 3.05) is 13.1 Å². The van der Waals surface area contributed by atoms with Crippen molar-refractivity contribution in [2.45, 2.75) is 31.8 Å². The predicted molar refractivity (Wildman–Crippen MR) is 74.1 cm³/mol. The molecule has 0 amide bonds. The van der Waals surface area contributed by atoms with E-state index in [2.05, 4.69) is 21.9 Å². The number of hydrogen-bond acceptors (Lipinski definition) is 4. The highest BCUT2D eigenvalue weighted by atomic mass is 32.2. The van der Waals surface area contributed by atoms with Crippen molar-refractivity contribution in [1.29, 1.82) is 0 Å². The second-order valence-electron chi connectivity index (χ2n) is 5.11. The van der Waals surface area contributed by atoms with Crippen molar-refractivity contribution >= 4 is 10.0 Å². The molecule has 1 aliphatic carbocycles. The molecule has 0 bridgehead atoms. The maximum Gasteiger partial charge on any atom is 0.258 e. The fourth-order valence-corrected chi connectivity index (χ4v) is 2.94. The van der Waals surface area contributed by atoms with Gasteiger partial charge in [-0.05, 0) is 36.4 Å². The van der Waals surface area contributed by atoms with Gasteiger partial charge in [0.15, 0.2) is 5.03 Å². The van der Waals surface area contributed by atoms with Crippen LogP contribution in [-0.2, 0) is 16.6 Å². The normalized spacial score (nSPS) is 22.4. The Bertz CT molecular complexity index is 513. The highest BCUT2D eigenvalue weighted by Crippen LogP contribution is 2.36. The van der Waals surface area contributed by atoms with Crippen molar-refractivity contribution < 1.29 is 8.42 Å². The van der Waals surface area contributed by atoms with Gasteiger partial charge in [-0.15, -0.1) is 0 Å². The van der Waals surface area contributed by atoms with E-state index in [0.29, 0.717) is 24.9 Å². The van der Waals surface area contributed by atoms with Crippen LogP contribution in [-0.4, -0.2) is 26.5 Å². The van der Waals surface area contributed by atoms with Crippen LogP contribution in [0, 0.1) is 11.8 Å². The molecule has 0 radical (unpaired) electrons. The maximum atomic E-state index is 12.0. The van der Waals surface area contributed by atoms with Crippen LogP contribution in [0.15, 0.2) is 23.4 Å². The van der Waals surface area contributed by atoms with Crippen molar-refractivity contribution in [3.8, 4) is 0 Å². The Labute approximate surface area is 114 Å². The largest absolute Gasteiger partial charge is 0.313 e. The van der Waals surface area contributed by atoms with Gasteiger partial charge in [0, 0.05) is 19.3 Å². The summed E-state index contributed by atoms with van der Waals surface area (Å²) in [6.45, 7) is 6.25. The fourth-order valence-electron chi connectivity index (χ4n) is 1.92. The average molecular weight is 283 g/mol. The molecular weight excluding hydrogens is 262 g/mol. The van der Waals surface area contributed by atoms with E-state index in [1.165, 1.54) is 0 Å². The van der Waals surface area contributed by atoms with E-state index in [1.54, 1.807) is 18.3 Å². The molecule has 0 saturated heterocycles. The molecule has 1 aliphatic rings. The summed E-state index contributed by atoms with van der Waals surface area (Å²) in [5.74, 6) is 1.13. The molecule has 6 heteroatoms. The third-order valence-corrected chi connectivity index (χ3v) is 4.80. The van der Waals surface area contributed by atoms with Crippen LogP contribution in [0.2, 0.25) is 0 Å². The summed E-state index contributed by atoms with van der Waals surface area (Å²) in [7, 11) is -3.46. The van der Waals surface area contributed by atoms with E-state index in [-0.39, 0.29) is 5.03 Å². The van der Waals surface area contributed by atoms with Gasteiger partial charge in [-0.2, -0.15) is 0 Å². The van der Waals surface area contributed by atoms with Gasteiger partial charge in [0.05, 0.1) is 0 Å². The first-order valence-electron chi connectivity index (χ1n) is 6.68. The SMILES string of the molecule is CCNCc1ccc(S(=O)(=O)NCC2CC2C)nc1. The van der Waals surface area contributed by atoms with Crippen LogP contribution in [0.5, 0.6) is 0 Å². The maximum absolute atomic E-state index is 12.0. The molecule has 1 aromatic rings. The minimum atomic E-state index is -3.46. The van der Waals surface area contributed by atoms with Crippen LogP contribution in [0.4, 0.5) is 0 Å². The lowest BCUT2D eigenvalue weighted by Crippen LogP contribution is -2.27. The van der Waals surface area contributed by atoms with Crippen molar-refractivity contribution in [2.24, 2.45) is 11.8 Å². The second kappa shape index (κ2) is 5.98. The number of hydrogen-bond donors (Lipinski definition) is 2. The quantitative estimate of drug-likeness (QED) is 0.787. The second-order valence-corrected chi connectivity index (χ2v) is 6.82. The van der Waals surface area contributed by atoms with Crippen LogP contribution < -0.4 is 10.0 Å². The van der Waals surface area contributed by atoms with Gasteiger partial charge in [0.2, 0.25) is 0 Å². The number of aromatic nitrogens is 1. The lowest BCUT2D eigenvalue weighted by atomic mass is 10.3. The number of sulfonamides is 1. The zero-order valence-electron chi connectivity index (χ0n) is 11.4. The zero-order valence-corrected chi connectivity index (χ0v) is 12.2. The first-order chi connectivity index (χ1) is 9.03. The molecule has 1 heterocycles. The third kappa shape index (κ3) is 3.99. The molecule has 19 heavy (non-hydrogen) atoms. The smallest absolute Gasteiger partial charge is 0.258 e. The highest BCUT2D eigenvalue weighted by Gasteiger charge is 2.33. The minimum absolute atomic E-state index is 0.0982. The summed E-state index contributed by atoms with van der Waals surface area (Å²) in [6, 6.07) is 3.36. The molecule has 2 N–H and O–H groups in total. The fraction of sp³-hybridized carbons (Fsp3) is 0.615. The first-order valence-corrected chi connectivity index (χ1v) is 8.16. The molecule has 106 valence electrons. The van der Waals surface area contributed by atoms with Crippen molar-refractivity contribution in [3.63, 3.8) is 0 Å².